The molecule has 0 unspecified atom stereocenters. The molecule has 3 aromatic rings. The highest BCUT2D eigenvalue weighted by Gasteiger charge is 2.14. The molecule has 134 valence electrons. The zero-order valence-electron chi connectivity index (χ0n) is 14.1. The lowest BCUT2D eigenvalue weighted by Gasteiger charge is -2.11. The van der Waals surface area contributed by atoms with Crippen LogP contribution in [0.4, 0.5) is 11.4 Å². The lowest BCUT2D eigenvalue weighted by atomic mass is 10.2. The van der Waals surface area contributed by atoms with Crippen LogP contribution in [0.2, 0.25) is 0 Å². The van der Waals surface area contributed by atoms with Gasteiger partial charge in [0, 0.05) is 25.3 Å². The summed E-state index contributed by atoms with van der Waals surface area (Å²) in [6, 6.07) is 8.32. The quantitative estimate of drug-likeness (QED) is 0.722. The molecule has 0 aliphatic rings. The fourth-order valence-corrected chi connectivity index (χ4v) is 3.44. The molecule has 0 fully saturated rings. The SMILES string of the molecule is CC(=O)Nc1cccc(NC(=O)Cn2c(=O)n(C)c(=O)c3sccc32)c1. The number of amides is 2. The number of anilines is 2. The Morgan fingerprint density at radius 1 is 1.12 bits per heavy atom. The number of carbonyl (C=O) groups excluding carboxylic acids is 2. The fourth-order valence-electron chi connectivity index (χ4n) is 2.57. The van der Waals surface area contributed by atoms with Crippen molar-refractivity contribution in [1.82, 2.24) is 9.13 Å². The van der Waals surface area contributed by atoms with Crippen LogP contribution in [0.3, 0.4) is 0 Å². The molecule has 2 amide bonds. The van der Waals surface area contributed by atoms with E-state index in [0.29, 0.717) is 21.6 Å². The molecule has 1 aromatic carbocycles. The maximum Gasteiger partial charge on any atom is 0.331 e. The summed E-state index contributed by atoms with van der Waals surface area (Å²) in [5, 5.41) is 7.02. The van der Waals surface area contributed by atoms with Crippen LogP contribution < -0.4 is 21.9 Å². The third-order valence-corrected chi connectivity index (χ3v) is 4.61. The first-order valence-electron chi connectivity index (χ1n) is 7.71. The average Bonchev–Trinajstić information content (AvgIpc) is 3.06. The Hall–Kier alpha value is -3.20. The molecule has 0 aliphatic heterocycles. The van der Waals surface area contributed by atoms with Gasteiger partial charge >= 0.3 is 5.69 Å². The standard InChI is InChI=1S/C17H16N4O4S/c1-10(22)18-11-4-3-5-12(8-11)19-14(23)9-21-13-6-7-26-15(13)16(24)20(2)17(21)25/h3-8H,9H2,1-2H3,(H,18,22)(H,19,23). The van der Waals surface area contributed by atoms with E-state index in [1.165, 1.54) is 29.9 Å². The van der Waals surface area contributed by atoms with E-state index in [9.17, 15) is 19.2 Å². The van der Waals surface area contributed by atoms with Gasteiger partial charge in [-0.1, -0.05) is 6.07 Å². The second-order valence-corrected chi connectivity index (χ2v) is 6.59. The first-order chi connectivity index (χ1) is 12.4. The number of nitrogens with zero attached hydrogens (tertiary/aromatic N) is 2. The van der Waals surface area contributed by atoms with Crippen LogP contribution in [-0.4, -0.2) is 20.9 Å². The molecule has 0 saturated heterocycles. The van der Waals surface area contributed by atoms with Gasteiger partial charge in [-0.2, -0.15) is 0 Å². The molecule has 2 aromatic heterocycles. The van der Waals surface area contributed by atoms with Gasteiger partial charge < -0.3 is 10.6 Å². The van der Waals surface area contributed by atoms with Crippen LogP contribution in [0.15, 0.2) is 45.3 Å². The van der Waals surface area contributed by atoms with E-state index in [4.69, 9.17) is 0 Å². The number of rotatable bonds is 4. The van der Waals surface area contributed by atoms with Crippen LogP contribution in [0.25, 0.3) is 10.2 Å². The molecular weight excluding hydrogens is 356 g/mol. The topological polar surface area (TPSA) is 102 Å². The van der Waals surface area contributed by atoms with Gasteiger partial charge in [0.2, 0.25) is 11.8 Å². The van der Waals surface area contributed by atoms with E-state index in [1.807, 2.05) is 0 Å². The summed E-state index contributed by atoms with van der Waals surface area (Å²) < 4.78 is 2.68. The Morgan fingerprint density at radius 3 is 2.50 bits per heavy atom. The molecule has 26 heavy (non-hydrogen) atoms. The van der Waals surface area contributed by atoms with Gasteiger partial charge in [0.05, 0.1) is 5.52 Å². The predicted octanol–water partition coefficient (Wildman–Crippen LogP) is 1.36. The van der Waals surface area contributed by atoms with Gasteiger partial charge in [-0.15, -0.1) is 11.3 Å². The molecular formula is C17H16N4O4S. The van der Waals surface area contributed by atoms with Gasteiger partial charge in [-0.05, 0) is 29.6 Å². The molecule has 9 heteroatoms. The minimum Gasteiger partial charge on any atom is -0.326 e. The number of hydrogen-bond acceptors (Lipinski definition) is 5. The van der Waals surface area contributed by atoms with Gasteiger partial charge in [-0.25, -0.2) is 4.79 Å². The molecule has 0 atom stereocenters. The van der Waals surface area contributed by atoms with E-state index < -0.39 is 11.6 Å². The predicted molar refractivity (Wildman–Crippen MR) is 101 cm³/mol. The number of thiophene rings is 1. The van der Waals surface area contributed by atoms with Crippen molar-refractivity contribution in [3.63, 3.8) is 0 Å². The number of carbonyl (C=O) groups is 2. The Labute approximate surface area is 151 Å². The summed E-state index contributed by atoms with van der Waals surface area (Å²) in [6.07, 6.45) is 0. The highest BCUT2D eigenvalue weighted by Crippen LogP contribution is 2.17. The van der Waals surface area contributed by atoms with Crippen molar-refractivity contribution < 1.29 is 9.59 Å². The van der Waals surface area contributed by atoms with Gasteiger partial charge in [-0.3, -0.25) is 23.5 Å². The third kappa shape index (κ3) is 3.42. The Kier molecular flexibility index (Phi) is 4.72. The summed E-state index contributed by atoms with van der Waals surface area (Å²) >= 11 is 1.22. The number of aromatic nitrogens is 2. The van der Waals surface area contributed by atoms with Crippen molar-refractivity contribution in [3.8, 4) is 0 Å². The van der Waals surface area contributed by atoms with Crippen molar-refractivity contribution in [2.45, 2.75) is 13.5 Å². The molecule has 8 nitrogen and oxygen atoms in total. The molecule has 0 saturated carbocycles. The van der Waals surface area contributed by atoms with Gasteiger partial charge in [0.1, 0.15) is 11.2 Å². The molecule has 3 rings (SSSR count). The Morgan fingerprint density at radius 2 is 1.81 bits per heavy atom. The maximum absolute atomic E-state index is 12.4. The summed E-state index contributed by atoms with van der Waals surface area (Å²) in [5.74, 6) is -0.636. The van der Waals surface area contributed by atoms with Crippen LogP contribution in [0.5, 0.6) is 0 Å². The van der Waals surface area contributed by atoms with Crippen molar-refractivity contribution in [2.75, 3.05) is 10.6 Å². The van der Waals surface area contributed by atoms with Crippen LogP contribution in [0.1, 0.15) is 6.92 Å². The molecule has 2 heterocycles. The van der Waals surface area contributed by atoms with E-state index in [-0.39, 0.29) is 18.0 Å². The Balaban J connectivity index is 1.87. The smallest absolute Gasteiger partial charge is 0.326 e. The minimum absolute atomic E-state index is 0.218. The summed E-state index contributed by atoms with van der Waals surface area (Å²) in [6.45, 7) is 1.16. The zero-order valence-corrected chi connectivity index (χ0v) is 14.9. The number of benzene rings is 1. The van der Waals surface area contributed by atoms with Crippen molar-refractivity contribution in [1.29, 1.82) is 0 Å². The first kappa shape index (κ1) is 17.6. The molecule has 0 bridgehead atoms. The molecule has 0 spiro atoms. The number of hydrogen-bond donors (Lipinski definition) is 2. The number of fused-ring (bicyclic) bond motifs is 1. The minimum atomic E-state index is -0.553. The molecule has 2 N–H and O–H groups in total. The fraction of sp³-hybridized carbons (Fsp3) is 0.176. The van der Waals surface area contributed by atoms with E-state index in [2.05, 4.69) is 10.6 Å². The second kappa shape index (κ2) is 6.96. The third-order valence-electron chi connectivity index (χ3n) is 3.72. The van der Waals surface area contributed by atoms with Crippen LogP contribution in [-0.2, 0) is 23.2 Å². The average molecular weight is 372 g/mol. The van der Waals surface area contributed by atoms with Crippen LogP contribution in [0, 0.1) is 0 Å². The van der Waals surface area contributed by atoms with Crippen molar-refractivity contribution in [2.24, 2.45) is 7.05 Å². The summed E-state index contributed by atoms with van der Waals surface area (Å²) in [4.78, 5) is 48.0. The summed E-state index contributed by atoms with van der Waals surface area (Å²) in [7, 11) is 1.38. The maximum atomic E-state index is 12.4. The van der Waals surface area contributed by atoms with Gasteiger partial charge in [0.25, 0.3) is 5.56 Å². The highest BCUT2D eigenvalue weighted by atomic mass is 32.1. The van der Waals surface area contributed by atoms with E-state index in [0.717, 1.165) is 4.57 Å². The molecule has 0 aliphatic carbocycles. The highest BCUT2D eigenvalue weighted by molar-refractivity contribution is 7.17. The Bertz CT molecular complexity index is 1130. The first-order valence-corrected chi connectivity index (χ1v) is 8.59. The normalized spacial score (nSPS) is 10.7. The van der Waals surface area contributed by atoms with E-state index in [1.54, 1.807) is 35.7 Å². The summed E-state index contributed by atoms with van der Waals surface area (Å²) in [5.41, 5.74) is 0.545. The second-order valence-electron chi connectivity index (χ2n) is 5.68. The van der Waals surface area contributed by atoms with Gasteiger partial charge in [0.15, 0.2) is 0 Å². The lowest BCUT2D eigenvalue weighted by Crippen LogP contribution is -2.39. The zero-order chi connectivity index (χ0) is 18.8. The largest absolute Gasteiger partial charge is 0.331 e. The lowest BCUT2D eigenvalue weighted by molar-refractivity contribution is -0.117. The van der Waals surface area contributed by atoms with Crippen molar-refractivity contribution in [3.05, 3.63) is 56.5 Å². The number of nitrogens with one attached hydrogen (secondary N) is 2. The molecule has 0 radical (unpaired) electrons. The monoisotopic (exact) mass is 372 g/mol. The van der Waals surface area contributed by atoms with Crippen molar-refractivity contribution >= 4 is 44.7 Å². The van der Waals surface area contributed by atoms with E-state index >= 15 is 0 Å². The van der Waals surface area contributed by atoms with Crippen LogP contribution >= 0.6 is 11.3 Å².